The molecular weight excluding hydrogens is 216 g/mol. The van der Waals surface area contributed by atoms with Gasteiger partial charge in [-0.2, -0.15) is 5.26 Å². The summed E-state index contributed by atoms with van der Waals surface area (Å²) in [6, 6.07) is 9.03. The Kier molecular flexibility index (Phi) is 5.59. The van der Waals surface area contributed by atoms with Gasteiger partial charge in [-0.15, -0.1) is 0 Å². The maximum Gasteiger partial charge on any atom is 0.251 e. The van der Waals surface area contributed by atoms with Crippen LogP contribution < -0.4 is 10.1 Å². The Balaban J connectivity index is 2.44. The molecule has 0 radical (unpaired) electrons. The van der Waals surface area contributed by atoms with Crippen molar-refractivity contribution < 1.29 is 9.53 Å². The van der Waals surface area contributed by atoms with E-state index in [4.69, 9.17) is 10.00 Å². The summed E-state index contributed by atoms with van der Waals surface area (Å²) >= 11 is 0. The number of nitriles is 1. The summed E-state index contributed by atoms with van der Waals surface area (Å²) in [5, 5.41) is 11.1. The average Bonchev–Trinajstić information content (AvgIpc) is 2.36. The molecule has 1 N–H and O–H groups in total. The minimum Gasteiger partial charge on any atom is -0.494 e. The van der Waals surface area contributed by atoms with Gasteiger partial charge in [-0.05, 0) is 37.6 Å². The van der Waals surface area contributed by atoms with E-state index >= 15 is 0 Å². The fourth-order valence-electron chi connectivity index (χ4n) is 1.34. The number of carbonyl (C=O) groups is 1. The van der Waals surface area contributed by atoms with Crippen LogP contribution in [0.5, 0.6) is 5.75 Å². The molecule has 0 spiro atoms. The second kappa shape index (κ2) is 7.29. The highest BCUT2D eigenvalue weighted by Crippen LogP contribution is 2.11. The standard InChI is InChI=1S/C13H16N2O2/c1-2-17-12-7-5-11(6-8-12)13(16)15-10-4-3-9-14/h5-8H,2-4,10H2,1H3,(H,15,16). The summed E-state index contributed by atoms with van der Waals surface area (Å²) in [6.45, 7) is 3.05. The molecule has 4 heteroatoms. The lowest BCUT2D eigenvalue weighted by atomic mass is 10.2. The van der Waals surface area contributed by atoms with E-state index in [0.29, 0.717) is 31.6 Å². The van der Waals surface area contributed by atoms with Crippen molar-refractivity contribution in [1.82, 2.24) is 5.32 Å². The maximum atomic E-state index is 11.6. The molecule has 0 aliphatic carbocycles. The topological polar surface area (TPSA) is 62.1 Å². The number of carbonyl (C=O) groups excluding carboxylic acids is 1. The van der Waals surface area contributed by atoms with Gasteiger partial charge < -0.3 is 10.1 Å². The van der Waals surface area contributed by atoms with Crippen molar-refractivity contribution in [2.24, 2.45) is 0 Å². The molecule has 1 aromatic rings. The Hall–Kier alpha value is -2.02. The van der Waals surface area contributed by atoms with Crippen LogP contribution in [-0.4, -0.2) is 19.1 Å². The van der Waals surface area contributed by atoms with Gasteiger partial charge in [0.25, 0.3) is 5.91 Å². The van der Waals surface area contributed by atoms with Crippen LogP contribution in [0.1, 0.15) is 30.1 Å². The molecule has 0 saturated heterocycles. The van der Waals surface area contributed by atoms with Crippen LogP contribution in [0, 0.1) is 11.3 Å². The zero-order chi connectivity index (χ0) is 12.5. The second-order valence-corrected chi connectivity index (χ2v) is 3.47. The number of nitrogens with one attached hydrogen (secondary N) is 1. The predicted molar refractivity (Wildman–Crippen MR) is 64.8 cm³/mol. The molecule has 0 saturated carbocycles. The van der Waals surface area contributed by atoms with Gasteiger partial charge in [0.15, 0.2) is 0 Å². The number of rotatable bonds is 6. The lowest BCUT2D eigenvalue weighted by Gasteiger charge is -2.05. The zero-order valence-corrected chi connectivity index (χ0v) is 9.90. The van der Waals surface area contributed by atoms with Gasteiger partial charge in [0.2, 0.25) is 0 Å². The van der Waals surface area contributed by atoms with Crippen molar-refractivity contribution in [3.05, 3.63) is 29.8 Å². The smallest absolute Gasteiger partial charge is 0.251 e. The molecule has 0 atom stereocenters. The van der Waals surface area contributed by atoms with Crippen molar-refractivity contribution >= 4 is 5.91 Å². The molecule has 0 aliphatic heterocycles. The first-order valence-corrected chi connectivity index (χ1v) is 5.66. The number of hydrogen-bond donors (Lipinski definition) is 1. The third-order valence-electron chi connectivity index (χ3n) is 2.18. The van der Waals surface area contributed by atoms with Gasteiger partial charge in [0.05, 0.1) is 12.7 Å². The van der Waals surface area contributed by atoms with Gasteiger partial charge in [-0.3, -0.25) is 4.79 Å². The van der Waals surface area contributed by atoms with Crippen molar-refractivity contribution in [3.8, 4) is 11.8 Å². The third kappa shape index (κ3) is 4.56. The van der Waals surface area contributed by atoms with Crippen molar-refractivity contribution in [2.45, 2.75) is 19.8 Å². The second-order valence-electron chi connectivity index (χ2n) is 3.47. The molecule has 0 aromatic heterocycles. The Bertz CT molecular complexity index is 393. The van der Waals surface area contributed by atoms with Crippen LogP contribution in [0.3, 0.4) is 0 Å². The zero-order valence-electron chi connectivity index (χ0n) is 9.90. The number of amides is 1. The molecule has 1 amide bonds. The fraction of sp³-hybridized carbons (Fsp3) is 0.385. The summed E-state index contributed by atoms with van der Waals surface area (Å²) < 4.78 is 5.29. The number of nitrogens with zero attached hydrogens (tertiary/aromatic N) is 1. The minimum atomic E-state index is -0.119. The first-order chi connectivity index (χ1) is 8.27. The van der Waals surface area contributed by atoms with Crippen LogP contribution >= 0.6 is 0 Å². The molecule has 0 fully saturated rings. The van der Waals surface area contributed by atoms with Crippen molar-refractivity contribution in [2.75, 3.05) is 13.2 Å². The maximum absolute atomic E-state index is 11.6. The van der Waals surface area contributed by atoms with Crippen LogP contribution in [-0.2, 0) is 0 Å². The lowest BCUT2D eigenvalue weighted by Crippen LogP contribution is -2.24. The monoisotopic (exact) mass is 232 g/mol. The van der Waals surface area contributed by atoms with Gasteiger partial charge in [0, 0.05) is 18.5 Å². The summed E-state index contributed by atoms with van der Waals surface area (Å²) in [4.78, 5) is 11.6. The Morgan fingerprint density at radius 2 is 2.12 bits per heavy atom. The van der Waals surface area contributed by atoms with E-state index in [1.54, 1.807) is 24.3 Å². The van der Waals surface area contributed by atoms with E-state index in [1.165, 1.54) is 0 Å². The van der Waals surface area contributed by atoms with E-state index in [0.717, 1.165) is 5.75 Å². The molecule has 1 aromatic carbocycles. The Morgan fingerprint density at radius 3 is 2.71 bits per heavy atom. The Labute approximate surface area is 101 Å². The number of hydrogen-bond acceptors (Lipinski definition) is 3. The first-order valence-electron chi connectivity index (χ1n) is 5.66. The van der Waals surface area contributed by atoms with Crippen LogP contribution in [0.15, 0.2) is 24.3 Å². The van der Waals surface area contributed by atoms with Gasteiger partial charge >= 0.3 is 0 Å². The quantitative estimate of drug-likeness (QED) is 0.764. The van der Waals surface area contributed by atoms with Crippen LogP contribution in [0.4, 0.5) is 0 Å². The predicted octanol–water partition coefficient (Wildman–Crippen LogP) is 2.12. The number of ether oxygens (including phenoxy) is 1. The van der Waals surface area contributed by atoms with Gasteiger partial charge in [0.1, 0.15) is 5.75 Å². The molecule has 0 heterocycles. The highest BCUT2D eigenvalue weighted by molar-refractivity contribution is 5.94. The van der Waals surface area contributed by atoms with Crippen LogP contribution in [0.2, 0.25) is 0 Å². The largest absolute Gasteiger partial charge is 0.494 e. The molecule has 17 heavy (non-hydrogen) atoms. The summed E-state index contributed by atoms with van der Waals surface area (Å²) in [5.74, 6) is 0.638. The summed E-state index contributed by atoms with van der Waals surface area (Å²) in [7, 11) is 0. The molecule has 0 bridgehead atoms. The Morgan fingerprint density at radius 1 is 1.41 bits per heavy atom. The molecule has 90 valence electrons. The molecule has 1 rings (SSSR count). The minimum absolute atomic E-state index is 0.119. The fourth-order valence-corrected chi connectivity index (χ4v) is 1.34. The van der Waals surface area contributed by atoms with E-state index < -0.39 is 0 Å². The molecule has 0 unspecified atom stereocenters. The van der Waals surface area contributed by atoms with Crippen molar-refractivity contribution in [1.29, 1.82) is 5.26 Å². The number of unbranched alkanes of at least 4 members (excludes halogenated alkanes) is 1. The van der Waals surface area contributed by atoms with E-state index in [1.807, 2.05) is 13.0 Å². The number of benzene rings is 1. The van der Waals surface area contributed by atoms with Crippen molar-refractivity contribution in [3.63, 3.8) is 0 Å². The lowest BCUT2D eigenvalue weighted by molar-refractivity contribution is 0.0953. The SMILES string of the molecule is CCOc1ccc(C(=O)NCCCC#N)cc1. The highest BCUT2D eigenvalue weighted by atomic mass is 16.5. The summed E-state index contributed by atoms with van der Waals surface area (Å²) in [5.41, 5.74) is 0.602. The summed E-state index contributed by atoms with van der Waals surface area (Å²) in [6.07, 6.45) is 1.14. The molecule has 0 aliphatic rings. The van der Waals surface area contributed by atoms with E-state index in [-0.39, 0.29) is 5.91 Å². The van der Waals surface area contributed by atoms with E-state index in [2.05, 4.69) is 5.32 Å². The molecule has 4 nitrogen and oxygen atoms in total. The van der Waals surface area contributed by atoms with Gasteiger partial charge in [-0.1, -0.05) is 0 Å². The molecular formula is C13H16N2O2. The normalized spacial score (nSPS) is 9.41. The third-order valence-corrected chi connectivity index (χ3v) is 2.18. The first kappa shape index (κ1) is 13.0. The van der Waals surface area contributed by atoms with Crippen LogP contribution in [0.25, 0.3) is 0 Å². The van der Waals surface area contributed by atoms with E-state index in [9.17, 15) is 4.79 Å². The van der Waals surface area contributed by atoms with Gasteiger partial charge in [-0.25, -0.2) is 0 Å². The average molecular weight is 232 g/mol. The highest BCUT2D eigenvalue weighted by Gasteiger charge is 2.04.